The number of aromatic nitrogens is 1. The summed E-state index contributed by atoms with van der Waals surface area (Å²) in [6.07, 6.45) is 1.74. The van der Waals surface area contributed by atoms with Crippen molar-refractivity contribution < 1.29 is 4.79 Å². The number of rotatable bonds is 3. The van der Waals surface area contributed by atoms with Crippen molar-refractivity contribution in [2.45, 2.75) is 25.8 Å². The van der Waals surface area contributed by atoms with Crippen LogP contribution in [0.3, 0.4) is 0 Å². The number of benzene rings is 1. The van der Waals surface area contributed by atoms with Crippen LogP contribution in [-0.2, 0) is 6.42 Å². The Balaban J connectivity index is 1.85. The van der Waals surface area contributed by atoms with Crippen molar-refractivity contribution in [1.29, 1.82) is 0 Å². The largest absolute Gasteiger partial charge is 0.322 e. The summed E-state index contributed by atoms with van der Waals surface area (Å²) in [6.45, 7) is 2.75. The van der Waals surface area contributed by atoms with E-state index < -0.39 is 0 Å². The lowest BCUT2D eigenvalue weighted by Crippen LogP contribution is -2.29. The second kappa shape index (κ2) is 5.34. The number of hydrogen-bond donors (Lipinski definition) is 1. The van der Waals surface area contributed by atoms with Gasteiger partial charge in [0.1, 0.15) is 10.7 Å². The molecule has 0 aliphatic carbocycles. The number of amides is 1. The normalized spacial score (nSPS) is 15.2. The van der Waals surface area contributed by atoms with Crippen LogP contribution in [0.25, 0.3) is 0 Å². The highest BCUT2D eigenvalue weighted by Crippen LogP contribution is 2.29. The number of nitrogens with two attached hydrogens (primary N) is 1. The zero-order valence-electron chi connectivity index (χ0n) is 11.4. The highest BCUT2D eigenvalue weighted by molar-refractivity contribution is 7.09. The lowest BCUT2D eigenvalue weighted by Gasteiger charge is -2.15. The molecule has 5 heteroatoms. The van der Waals surface area contributed by atoms with Crippen LogP contribution < -0.4 is 10.6 Å². The Morgan fingerprint density at radius 3 is 3.10 bits per heavy atom. The molecule has 1 amide bonds. The highest BCUT2D eigenvalue weighted by atomic mass is 32.1. The van der Waals surface area contributed by atoms with Crippen molar-refractivity contribution in [2.24, 2.45) is 5.73 Å². The van der Waals surface area contributed by atoms with Crippen molar-refractivity contribution in [2.75, 3.05) is 11.4 Å². The van der Waals surface area contributed by atoms with Crippen LogP contribution >= 0.6 is 11.3 Å². The standard InChI is InChI=1S/C15H17N3OS/c1-2-11(16)14-17-12(9-20-14)15(19)18-8-7-10-5-3-4-6-13(10)18/h3-6,9,11H,2,7-8,16H2,1H3. The summed E-state index contributed by atoms with van der Waals surface area (Å²) in [5, 5.41) is 2.65. The van der Waals surface area contributed by atoms with Crippen LogP contribution in [-0.4, -0.2) is 17.4 Å². The second-order valence-electron chi connectivity index (χ2n) is 4.92. The average molecular weight is 287 g/mol. The van der Waals surface area contributed by atoms with Crippen molar-refractivity contribution >= 4 is 22.9 Å². The van der Waals surface area contributed by atoms with Gasteiger partial charge in [0.05, 0.1) is 6.04 Å². The van der Waals surface area contributed by atoms with Gasteiger partial charge >= 0.3 is 0 Å². The van der Waals surface area contributed by atoms with Crippen molar-refractivity contribution in [3.05, 3.63) is 45.9 Å². The van der Waals surface area contributed by atoms with Gasteiger partial charge in [-0.3, -0.25) is 4.79 Å². The molecule has 2 N–H and O–H groups in total. The van der Waals surface area contributed by atoms with E-state index in [0.29, 0.717) is 5.69 Å². The predicted octanol–water partition coefficient (Wildman–Crippen LogP) is 2.76. The topological polar surface area (TPSA) is 59.2 Å². The molecule has 0 radical (unpaired) electrons. The maximum Gasteiger partial charge on any atom is 0.277 e. The average Bonchev–Trinajstić information content (AvgIpc) is 3.12. The second-order valence-corrected chi connectivity index (χ2v) is 5.81. The molecule has 3 rings (SSSR count). The van der Waals surface area contributed by atoms with E-state index in [2.05, 4.69) is 11.1 Å². The smallest absolute Gasteiger partial charge is 0.277 e. The van der Waals surface area contributed by atoms with Gasteiger partial charge in [-0.1, -0.05) is 25.1 Å². The minimum atomic E-state index is -0.0765. The van der Waals surface area contributed by atoms with Gasteiger partial charge in [-0.2, -0.15) is 0 Å². The number of nitrogens with zero attached hydrogens (tertiary/aromatic N) is 2. The Morgan fingerprint density at radius 2 is 2.30 bits per heavy atom. The van der Waals surface area contributed by atoms with E-state index in [4.69, 9.17) is 5.73 Å². The first-order chi connectivity index (χ1) is 9.70. The zero-order chi connectivity index (χ0) is 14.1. The van der Waals surface area contributed by atoms with Crippen LogP contribution in [0.1, 0.15) is 40.4 Å². The molecule has 0 saturated carbocycles. The predicted molar refractivity (Wildman–Crippen MR) is 81.2 cm³/mol. The van der Waals surface area contributed by atoms with E-state index in [-0.39, 0.29) is 11.9 Å². The van der Waals surface area contributed by atoms with Crippen LogP contribution in [0.5, 0.6) is 0 Å². The van der Waals surface area contributed by atoms with Crippen LogP contribution in [0.15, 0.2) is 29.6 Å². The molecular weight excluding hydrogens is 270 g/mol. The molecule has 2 heterocycles. The molecule has 1 atom stereocenters. The van der Waals surface area contributed by atoms with Gasteiger partial charge in [0.25, 0.3) is 5.91 Å². The van der Waals surface area contributed by atoms with Gasteiger partial charge in [-0.25, -0.2) is 4.98 Å². The molecule has 104 valence electrons. The van der Waals surface area contributed by atoms with E-state index in [1.54, 1.807) is 0 Å². The Kier molecular flexibility index (Phi) is 3.54. The third-order valence-corrected chi connectivity index (χ3v) is 4.61. The quantitative estimate of drug-likeness (QED) is 0.944. The van der Waals surface area contributed by atoms with Crippen LogP contribution in [0.2, 0.25) is 0 Å². The molecule has 20 heavy (non-hydrogen) atoms. The fourth-order valence-corrected chi connectivity index (χ4v) is 3.30. The maximum absolute atomic E-state index is 12.6. The number of fused-ring (bicyclic) bond motifs is 1. The molecule has 1 aliphatic rings. The van der Waals surface area contributed by atoms with E-state index >= 15 is 0 Å². The molecule has 1 aromatic heterocycles. The van der Waals surface area contributed by atoms with Crippen molar-refractivity contribution in [1.82, 2.24) is 4.98 Å². The van der Waals surface area contributed by atoms with Gasteiger partial charge in [0.2, 0.25) is 0 Å². The molecule has 0 spiro atoms. The first-order valence-electron chi connectivity index (χ1n) is 6.81. The summed E-state index contributed by atoms with van der Waals surface area (Å²) in [6, 6.07) is 7.96. The van der Waals surface area contributed by atoms with Crippen LogP contribution in [0.4, 0.5) is 5.69 Å². The number of carbonyl (C=O) groups is 1. The Morgan fingerprint density at radius 1 is 1.50 bits per heavy atom. The fraction of sp³-hybridized carbons (Fsp3) is 0.333. The van der Waals surface area contributed by atoms with Gasteiger partial charge in [-0.15, -0.1) is 11.3 Å². The summed E-state index contributed by atoms with van der Waals surface area (Å²) >= 11 is 1.47. The van der Waals surface area contributed by atoms with Crippen LogP contribution in [0, 0.1) is 0 Å². The molecule has 0 fully saturated rings. The zero-order valence-corrected chi connectivity index (χ0v) is 12.2. The van der Waals surface area contributed by atoms with E-state index in [9.17, 15) is 4.79 Å². The first-order valence-corrected chi connectivity index (χ1v) is 7.69. The summed E-state index contributed by atoms with van der Waals surface area (Å²) < 4.78 is 0. The molecule has 1 aliphatic heterocycles. The Hall–Kier alpha value is -1.72. The number of thiazole rings is 1. The lowest BCUT2D eigenvalue weighted by atomic mass is 10.2. The number of anilines is 1. The highest BCUT2D eigenvalue weighted by Gasteiger charge is 2.27. The Labute approximate surface area is 122 Å². The monoisotopic (exact) mass is 287 g/mol. The first kappa shape index (κ1) is 13.3. The fourth-order valence-electron chi connectivity index (χ4n) is 2.42. The summed E-state index contributed by atoms with van der Waals surface area (Å²) in [5.74, 6) is -0.0271. The van der Waals surface area contributed by atoms with Gasteiger partial charge in [0, 0.05) is 17.6 Å². The number of hydrogen-bond acceptors (Lipinski definition) is 4. The molecular formula is C15H17N3OS. The summed E-state index contributed by atoms with van der Waals surface area (Å²) in [5.41, 5.74) is 8.70. The van der Waals surface area contributed by atoms with Gasteiger partial charge in [-0.05, 0) is 24.5 Å². The van der Waals surface area contributed by atoms with Crippen molar-refractivity contribution in [3.63, 3.8) is 0 Å². The number of carbonyl (C=O) groups excluding carboxylic acids is 1. The van der Waals surface area contributed by atoms with Gasteiger partial charge in [0.15, 0.2) is 0 Å². The lowest BCUT2D eigenvalue weighted by molar-refractivity contribution is 0.0985. The van der Waals surface area contributed by atoms with E-state index in [1.165, 1.54) is 16.9 Å². The minimum Gasteiger partial charge on any atom is -0.322 e. The molecule has 1 unspecified atom stereocenters. The third kappa shape index (κ3) is 2.23. The molecule has 1 aromatic carbocycles. The Bertz CT molecular complexity index is 638. The SMILES string of the molecule is CCC(N)c1nc(C(=O)N2CCc3ccccc32)cs1. The number of para-hydroxylation sites is 1. The summed E-state index contributed by atoms with van der Waals surface area (Å²) in [4.78, 5) is 18.8. The molecule has 0 saturated heterocycles. The van der Waals surface area contributed by atoms with E-state index in [1.807, 2.05) is 35.4 Å². The minimum absolute atomic E-state index is 0.0271. The maximum atomic E-state index is 12.6. The van der Waals surface area contributed by atoms with Crippen molar-refractivity contribution in [3.8, 4) is 0 Å². The van der Waals surface area contributed by atoms with Gasteiger partial charge < -0.3 is 10.6 Å². The van der Waals surface area contributed by atoms with E-state index in [0.717, 1.165) is 30.1 Å². The molecule has 4 nitrogen and oxygen atoms in total. The third-order valence-electron chi connectivity index (χ3n) is 3.63. The molecule has 0 bridgehead atoms. The molecule has 2 aromatic rings. The summed E-state index contributed by atoms with van der Waals surface area (Å²) in [7, 11) is 0.